The fourth-order valence-electron chi connectivity index (χ4n) is 3.64. The molecule has 2 N–H and O–H groups in total. The van der Waals surface area contributed by atoms with Crippen LogP contribution >= 0.6 is 11.8 Å². The molecule has 1 heterocycles. The number of hydrogen-bond acceptors (Lipinski definition) is 5. The predicted octanol–water partition coefficient (Wildman–Crippen LogP) is 5.60. The maximum absolute atomic E-state index is 13.0. The Hall–Kier alpha value is -2.42. The van der Waals surface area contributed by atoms with Gasteiger partial charge in [0.15, 0.2) is 0 Å². The molecule has 6 nitrogen and oxygen atoms in total. The molecule has 0 bridgehead atoms. The maximum Gasteiger partial charge on any atom is 0.240 e. The van der Waals surface area contributed by atoms with E-state index in [0.29, 0.717) is 18.7 Å². The molecule has 2 aromatic carbocycles. The van der Waals surface area contributed by atoms with Crippen molar-refractivity contribution in [2.75, 3.05) is 11.9 Å². The van der Waals surface area contributed by atoms with Crippen LogP contribution in [0.25, 0.3) is 10.9 Å². The average molecular weight is 500 g/mol. The summed E-state index contributed by atoms with van der Waals surface area (Å²) in [5.41, 5.74) is 4.98. The van der Waals surface area contributed by atoms with Crippen LogP contribution in [0, 0.1) is 26.7 Å². The average Bonchev–Trinajstić information content (AvgIpc) is 2.77. The van der Waals surface area contributed by atoms with E-state index in [9.17, 15) is 13.2 Å². The van der Waals surface area contributed by atoms with Crippen molar-refractivity contribution in [3.63, 3.8) is 0 Å². The Bertz CT molecular complexity index is 1290. The van der Waals surface area contributed by atoms with Crippen LogP contribution in [0.5, 0.6) is 0 Å². The Morgan fingerprint density at radius 1 is 1.03 bits per heavy atom. The molecule has 1 unspecified atom stereocenters. The van der Waals surface area contributed by atoms with Gasteiger partial charge in [0, 0.05) is 17.6 Å². The number of anilines is 1. The van der Waals surface area contributed by atoms with Crippen molar-refractivity contribution in [3.8, 4) is 0 Å². The smallest absolute Gasteiger partial charge is 0.240 e. The number of pyridine rings is 1. The lowest BCUT2D eigenvalue weighted by Crippen LogP contribution is -2.27. The number of aromatic nitrogens is 1. The fraction of sp³-hybridized carbons (Fsp3) is 0.385. The van der Waals surface area contributed by atoms with E-state index in [2.05, 4.69) is 42.9 Å². The van der Waals surface area contributed by atoms with E-state index in [4.69, 9.17) is 4.98 Å². The number of sulfonamides is 1. The Balaban J connectivity index is 1.73. The number of benzene rings is 2. The topological polar surface area (TPSA) is 88.2 Å². The zero-order valence-corrected chi connectivity index (χ0v) is 22.2. The van der Waals surface area contributed by atoms with Gasteiger partial charge in [-0.05, 0) is 80.6 Å². The number of nitrogens with zero attached hydrogens (tertiary/aromatic N) is 1. The Morgan fingerprint density at radius 3 is 2.32 bits per heavy atom. The second-order valence-corrected chi connectivity index (χ2v) is 12.0. The van der Waals surface area contributed by atoms with Crippen LogP contribution in [-0.4, -0.2) is 31.1 Å². The number of carbonyl (C=O) groups is 1. The summed E-state index contributed by atoms with van der Waals surface area (Å²) in [6.45, 7) is 12.4. The minimum absolute atomic E-state index is 0.138. The van der Waals surface area contributed by atoms with Crippen LogP contribution < -0.4 is 10.0 Å². The van der Waals surface area contributed by atoms with Crippen molar-refractivity contribution in [1.29, 1.82) is 0 Å². The summed E-state index contributed by atoms with van der Waals surface area (Å²) in [4.78, 5) is 18.0. The number of aryl methyl sites for hydroxylation is 3. The minimum Gasteiger partial charge on any atom is -0.325 e. The van der Waals surface area contributed by atoms with E-state index in [-0.39, 0.29) is 22.0 Å². The van der Waals surface area contributed by atoms with E-state index < -0.39 is 10.0 Å². The first-order valence-corrected chi connectivity index (χ1v) is 13.8. The van der Waals surface area contributed by atoms with Gasteiger partial charge in [0.2, 0.25) is 15.9 Å². The van der Waals surface area contributed by atoms with E-state index >= 15 is 0 Å². The number of hydrogen-bond donors (Lipinski definition) is 2. The van der Waals surface area contributed by atoms with Crippen LogP contribution in [0.1, 0.15) is 43.9 Å². The lowest BCUT2D eigenvalue weighted by atomic mass is 10.0. The van der Waals surface area contributed by atoms with Gasteiger partial charge in [-0.2, -0.15) is 0 Å². The predicted molar refractivity (Wildman–Crippen MR) is 141 cm³/mol. The second-order valence-electron chi connectivity index (χ2n) is 9.03. The van der Waals surface area contributed by atoms with Crippen LogP contribution in [0.4, 0.5) is 5.69 Å². The summed E-state index contributed by atoms with van der Waals surface area (Å²) < 4.78 is 27.4. The molecule has 0 aliphatic carbocycles. The van der Waals surface area contributed by atoms with Crippen molar-refractivity contribution < 1.29 is 13.2 Å². The van der Waals surface area contributed by atoms with Gasteiger partial charge < -0.3 is 5.32 Å². The van der Waals surface area contributed by atoms with Crippen molar-refractivity contribution in [2.24, 2.45) is 5.92 Å². The summed E-state index contributed by atoms with van der Waals surface area (Å²) in [6, 6.07) is 12.5. The van der Waals surface area contributed by atoms with Crippen LogP contribution in [0.2, 0.25) is 0 Å². The molecule has 34 heavy (non-hydrogen) atoms. The third kappa shape index (κ3) is 6.37. The lowest BCUT2D eigenvalue weighted by molar-refractivity contribution is -0.115. The highest BCUT2D eigenvalue weighted by Crippen LogP contribution is 2.30. The molecule has 1 atom stereocenters. The van der Waals surface area contributed by atoms with Crippen LogP contribution in [0.15, 0.2) is 52.4 Å². The SMILES string of the molecule is CCC(Sc1cc(C)c2cc(C)cc(C)c2n1)C(=O)Nc1ccc(S(=O)(=O)NCC(C)C)cc1. The summed E-state index contributed by atoms with van der Waals surface area (Å²) in [7, 11) is -3.57. The number of thioether (sulfide) groups is 1. The molecule has 0 saturated heterocycles. The third-order valence-electron chi connectivity index (χ3n) is 5.47. The molecule has 0 saturated carbocycles. The van der Waals surface area contributed by atoms with Crippen LogP contribution in [-0.2, 0) is 14.8 Å². The first-order chi connectivity index (χ1) is 16.0. The van der Waals surface area contributed by atoms with Gasteiger partial charge in [-0.15, -0.1) is 0 Å². The van der Waals surface area contributed by atoms with Gasteiger partial charge >= 0.3 is 0 Å². The third-order valence-corrected chi connectivity index (χ3v) is 8.19. The van der Waals surface area contributed by atoms with Crippen LogP contribution in [0.3, 0.4) is 0 Å². The molecule has 182 valence electrons. The molecule has 3 aromatic rings. The minimum atomic E-state index is -3.57. The quantitative estimate of drug-likeness (QED) is 0.374. The molecule has 0 radical (unpaired) electrons. The van der Waals surface area contributed by atoms with E-state index in [0.717, 1.165) is 27.1 Å². The van der Waals surface area contributed by atoms with Crippen molar-refractivity contribution in [1.82, 2.24) is 9.71 Å². The first kappa shape index (κ1) is 26.2. The fourth-order valence-corrected chi connectivity index (χ4v) is 5.87. The normalized spacial score (nSPS) is 12.8. The Labute approximate surface area is 207 Å². The number of nitrogens with one attached hydrogen (secondary N) is 2. The number of carbonyl (C=O) groups excluding carboxylic acids is 1. The Morgan fingerprint density at radius 2 is 1.71 bits per heavy atom. The molecule has 0 aliphatic heterocycles. The largest absolute Gasteiger partial charge is 0.325 e. The molecule has 0 fully saturated rings. The standard InChI is InChI=1S/C26H33N3O3S2/c1-7-23(33-24-14-18(5)22-13-17(4)12-19(6)25(22)29-24)26(30)28-20-8-10-21(11-9-20)34(31,32)27-15-16(2)3/h8-14,16,23,27H,7,15H2,1-6H3,(H,28,30). The molecule has 0 spiro atoms. The van der Waals surface area contributed by atoms with Gasteiger partial charge in [-0.25, -0.2) is 18.1 Å². The van der Waals surface area contributed by atoms with E-state index in [1.165, 1.54) is 29.5 Å². The van der Waals surface area contributed by atoms with Crippen molar-refractivity contribution in [3.05, 3.63) is 59.2 Å². The van der Waals surface area contributed by atoms with Gasteiger partial charge in [0.1, 0.15) is 0 Å². The molecule has 1 aromatic heterocycles. The number of amides is 1. The van der Waals surface area contributed by atoms with Gasteiger partial charge in [0.25, 0.3) is 0 Å². The monoisotopic (exact) mass is 499 g/mol. The van der Waals surface area contributed by atoms with Gasteiger partial charge in [-0.1, -0.05) is 44.2 Å². The molecule has 8 heteroatoms. The van der Waals surface area contributed by atoms with E-state index in [1.807, 2.05) is 26.8 Å². The molecular weight excluding hydrogens is 466 g/mol. The molecule has 1 amide bonds. The highest BCUT2D eigenvalue weighted by Gasteiger charge is 2.20. The van der Waals surface area contributed by atoms with Gasteiger partial charge in [0.05, 0.1) is 20.7 Å². The molecule has 3 rings (SSSR count). The summed E-state index contributed by atoms with van der Waals surface area (Å²) in [5.74, 6) is 0.0759. The maximum atomic E-state index is 13.0. The van der Waals surface area contributed by atoms with Crippen molar-refractivity contribution >= 4 is 44.3 Å². The van der Waals surface area contributed by atoms with E-state index in [1.54, 1.807) is 12.1 Å². The second kappa shape index (κ2) is 10.9. The highest BCUT2D eigenvalue weighted by atomic mass is 32.2. The molecule has 0 aliphatic rings. The number of rotatable bonds is 9. The van der Waals surface area contributed by atoms with Gasteiger partial charge in [-0.3, -0.25) is 4.79 Å². The summed E-state index contributed by atoms with van der Waals surface area (Å²) in [5, 5.41) is 4.54. The highest BCUT2D eigenvalue weighted by molar-refractivity contribution is 8.00. The summed E-state index contributed by atoms with van der Waals surface area (Å²) in [6.07, 6.45) is 0.633. The lowest BCUT2D eigenvalue weighted by Gasteiger charge is -2.16. The Kier molecular flexibility index (Phi) is 8.38. The summed E-state index contributed by atoms with van der Waals surface area (Å²) >= 11 is 1.45. The zero-order valence-electron chi connectivity index (χ0n) is 20.6. The number of fused-ring (bicyclic) bond motifs is 1. The first-order valence-electron chi connectivity index (χ1n) is 11.5. The van der Waals surface area contributed by atoms with Crippen molar-refractivity contribution in [2.45, 2.75) is 63.1 Å². The molecular formula is C26H33N3O3S2. The zero-order chi connectivity index (χ0) is 25.0.